The summed E-state index contributed by atoms with van der Waals surface area (Å²) in [6.45, 7) is 0. The average molecular weight is 992 g/mol. The molecule has 13 aromatic rings. The van der Waals surface area contributed by atoms with Gasteiger partial charge < -0.3 is 9.47 Å². The molecule has 4 aromatic heterocycles. The van der Waals surface area contributed by atoms with Gasteiger partial charge in [0.2, 0.25) is 11.7 Å². The smallest absolute Gasteiger partial charge is 0.221 e. The molecule has 9 aromatic carbocycles. The van der Waals surface area contributed by atoms with Crippen LogP contribution in [0.3, 0.4) is 0 Å². The van der Waals surface area contributed by atoms with Crippen LogP contribution < -0.4 is 30.5 Å². The number of guanidine groups is 1. The molecule has 76 heavy (non-hydrogen) atoms. The van der Waals surface area contributed by atoms with Crippen molar-refractivity contribution in [3.05, 3.63) is 261 Å². The van der Waals surface area contributed by atoms with Gasteiger partial charge in [0, 0.05) is 28.1 Å². The Morgan fingerprint density at radius 1 is 0.408 bits per heavy atom. The van der Waals surface area contributed by atoms with Gasteiger partial charge in [0.1, 0.15) is 11.6 Å². The average Bonchev–Trinajstić information content (AvgIpc) is 4.36. The van der Waals surface area contributed by atoms with Crippen molar-refractivity contribution in [1.82, 2.24) is 28.5 Å². The lowest BCUT2D eigenvalue weighted by molar-refractivity contribution is 0.741. The van der Waals surface area contributed by atoms with E-state index in [1.54, 1.807) is 0 Å². The minimum atomic E-state index is -3.09. The summed E-state index contributed by atoms with van der Waals surface area (Å²) in [4.78, 5) is 26.6. The fourth-order valence-corrected chi connectivity index (χ4v) is 17.4. The van der Waals surface area contributed by atoms with Gasteiger partial charge >= 0.3 is 0 Å². The fourth-order valence-electron chi connectivity index (χ4n) is 12.6. The number of imidazole rings is 2. The van der Waals surface area contributed by atoms with E-state index < -0.39 is 8.07 Å². The second kappa shape index (κ2) is 16.6. The van der Waals surface area contributed by atoms with Crippen molar-refractivity contribution >= 4 is 102 Å². The molecule has 10 heteroatoms. The maximum Gasteiger partial charge on any atom is 0.221 e. The fraction of sp³-hybridized carbons (Fsp3) is 0.0303. The second-order valence-corrected chi connectivity index (χ2v) is 23.6. The molecule has 3 aliphatic rings. The van der Waals surface area contributed by atoms with Gasteiger partial charge in [-0.1, -0.05) is 194 Å². The summed E-state index contributed by atoms with van der Waals surface area (Å²) in [6, 6.07) is 85.7. The van der Waals surface area contributed by atoms with Crippen LogP contribution in [-0.4, -0.2) is 54.6 Å². The Bertz CT molecular complexity index is 4480. The molecule has 2 unspecified atom stereocenters. The third kappa shape index (κ3) is 6.13. The zero-order valence-corrected chi connectivity index (χ0v) is 42.0. The summed E-state index contributed by atoms with van der Waals surface area (Å²) in [5, 5.41) is 7.54. The molecule has 0 saturated heterocycles. The van der Waals surface area contributed by atoms with Crippen LogP contribution in [0.15, 0.2) is 266 Å². The summed E-state index contributed by atoms with van der Waals surface area (Å²) < 4.78 is 6.84. The van der Waals surface area contributed by atoms with Gasteiger partial charge in [0.25, 0.3) is 0 Å². The predicted octanol–water partition coefficient (Wildman–Crippen LogP) is 11.6. The minimum absolute atomic E-state index is 0.0243. The van der Waals surface area contributed by atoms with E-state index in [0.29, 0.717) is 17.5 Å². The van der Waals surface area contributed by atoms with Crippen molar-refractivity contribution in [3.63, 3.8) is 0 Å². The highest BCUT2D eigenvalue weighted by Crippen LogP contribution is 2.47. The largest absolute Gasteiger partial charge is 0.309 e. The van der Waals surface area contributed by atoms with Crippen molar-refractivity contribution in [3.8, 4) is 22.9 Å². The number of fused-ring (bicyclic) bond motifs is 13. The quantitative estimate of drug-likeness (QED) is 0.112. The summed E-state index contributed by atoms with van der Waals surface area (Å²) >= 11 is 0. The zero-order chi connectivity index (χ0) is 49.9. The minimum Gasteiger partial charge on any atom is -0.309 e. The third-order valence-corrected chi connectivity index (χ3v) is 20.6. The Labute approximate surface area is 438 Å². The number of hydrogen-bond donors (Lipinski definition) is 0. The molecule has 2 aliphatic heterocycles. The number of allylic oxidation sites excluding steroid dienone is 2. The van der Waals surface area contributed by atoms with Gasteiger partial charge in [0.05, 0.1) is 56.6 Å². The van der Waals surface area contributed by atoms with Crippen LogP contribution in [0.2, 0.25) is 0 Å². The van der Waals surface area contributed by atoms with Crippen molar-refractivity contribution in [2.45, 2.75) is 12.1 Å². The van der Waals surface area contributed by atoms with Gasteiger partial charge in [0.15, 0.2) is 13.9 Å². The summed E-state index contributed by atoms with van der Waals surface area (Å²) in [6.07, 6.45) is 8.67. The normalized spacial score (nSPS) is 15.8. The molecule has 2 atom stereocenters. The van der Waals surface area contributed by atoms with Gasteiger partial charge in [-0.3, -0.25) is 13.9 Å². The molecular formula is C66H45N9Si. The number of aromatic nitrogens is 6. The molecule has 0 radical (unpaired) electrons. The molecule has 9 nitrogen and oxygen atoms in total. The molecule has 358 valence electrons. The molecule has 0 bridgehead atoms. The van der Waals surface area contributed by atoms with E-state index in [-0.39, 0.29) is 12.1 Å². The monoisotopic (exact) mass is 991 g/mol. The Morgan fingerprint density at radius 3 is 1.72 bits per heavy atom. The Balaban J connectivity index is 0.933. The first-order chi connectivity index (χ1) is 37.7. The van der Waals surface area contributed by atoms with Gasteiger partial charge in [-0.25, -0.2) is 19.9 Å². The molecule has 0 fully saturated rings. The summed E-state index contributed by atoms with van der Waals surface area (Å²) in [7, 11) is -3.09. The molecule has 16 rings (SSSR count). The lowest BCUT2D eigenvalue weighted by Crippen LogP contribution is -2.74. The summed E-state index contributed by atoms with van der Waals surface area (Å²) in [5.41, 5.74) is 10.5. The van der Waals surface area contributed by atoms with Gasteiger partial charge in [-0.15, -0.1) is 0 Å². The predicted molar refractivity (Wildman–Crippen MR) is 313 cm³/mol. The second-order valence-electron chi connectivity index (χ2n) is 19.8. The topological polar surface area (TPSA) is 71.8 Å². The first kappa shape index (κ1) is 42.6. The SMILES string of the molecule is C1=CC2N=C3N(c4cc(-n5c6ccccc6n6c7ccccc7nc56)nc(-c5cccc([Si](c6ccccc6)(c6ccccc6)c6ccc(-n7c8ccccc8c8ccccc87)cc6)c5)n4)c4ccccc4N3C2C=C1. The van der Waals surface area contributed by atoms with Crippen molar-refractivity contribution in [2.75, 3.05) is 9.80 Å². The van der Waals surface area contributed by atoms with Crippen LogP contribution in [0.25, 0.3) is 72.5 Å². The van der Waals surface area contributed by atoms with Crippen molar-refractivity contribution < 1.29 is 0 Å². The number of benzene rings is 9. The van der Waals surface area contributed by atoms with Crippen LogP contribution in [0.4, 0.5) is 17.2 Å². The number of nitrogens with zero attached hydrogens (tertiary/aromatic N) is 9. The van der Waals surface area contributed by atoms with Crippen LogP contribution >= 0.6 is 0 Å². The molecular weight excluding hydrogens is 947 g/mol. The van der Waals surface area contributed by atoms with E-state index in [1.807, 2.05) is 6.07 Å². The highest BCUT2D eigenvalue weighted by atomic mass is 28.3. The number of rotatable bonds is 8. The lowest BCUT2D eigenvalue weighted by Gasteiger charge is -2.34. The zero-order valence-electron chi connectivity index (χ0n) is 41.0. The number of hydrogen-bond acceptors (Lipinski definition) is 6. The van der Waals surface area contributed by atoms with Crippen LogP contribution in [0.1, 0.15) is 0 Å². The maximum absolute atomic E-state index is 5.65. The molecule has 1 aliphatic carbocycles. The standard InChI is InChI=1S/C66H45N9Si/c1-3-21-46(22-4-1)76(47-23-5-2-6-24-47,48-40-38-45(39-41-48)71-54-30-11-7-26-50(54)51-27-8-12-31-55(51)71)49-25-19-20-44(42-49)64-69-62(74-60-36-17-15-34-58(60)72-56-32-13-9-28-52(56)67-65(72)74)43-63(70-64)75-61-37-18-16-35-59(61)73-57-33-14-10-29-53(57)68-66(73)75/h1-43,52,56H. The highest BCUT2D eigenvalue weighted by molar-refractivity contribution is 7.20. The van der Waals surface area contributed by atoms with Crippen LogP contribution in [-0.2, 0) is 0 Å². The lowest BCUT2D eigenvalue weighted by atomic mass is 10.0. The maximum atomic E-state index is 5.65. The Kier molecular flexibility index (Phi) is 9.28. The summed E-state index contributed by atoms with van der Waals surface area (Å²) in [5.74, 6) is 3.63. The third-order valence-electron chi connectivity index (χ3n) is 15.8. The highest BCUT2D eigenvalue weighted by Gasteiger charge is 2.46. The van der Waals surface area contributed by atoms with E-state index in [2.05, 4.69) is 278 Å². The molecule has 0 N–H and O–H groups in total. The number of anilines is 3. The van der Waals surface area contributed by atoms with Crippen LogP contribution in [0.5, 0.6) is 0 Å². The van der Waals surface area contributed by atoms with Gasteiger partial charge in [-0.2, -0.15) is 0 Å². The molecule has 0 spiro atoms. The van der Waals surface area contributed by atoms with E-state index in [4.69, 9.17) is 19.9 Å². The van der Waals surface area contributed by atoms with E-state index in [9.17, 15) is 0 Å². The van der Waals surface area contributed by atoms with E-state index in [1.165, 1.54) is 42.6 Å². The van der Waals surface area contributed by atoms with Crippen LogP contribution in [0, 0.1) is 0 Å². The molecule has 6 heterocycles. The Morgan fingerprint density at radius 2 is 0.987 bits per heavy atom. The van der Waals surface area contributed by atoms with Crippen molar-refractivity contribution in [1.29, 1.82) is 0 Å². The molecule has 0 amide bonds. The number of aliphatic imine (C=N–C) groups is 1. The first-order valence-corrected chi connectivity index (χ1v) is 27.9. The Hall–Kier alpha value is -9.90. The van der Waals surface area contributed by atoms with Gasteiger partial charge in [-0.05, 0) is 81.4 Å². The number of para-hydroxylation sites is 8. The first-order valence-electron chi connectivity index (χ1n) is 25.9. The van der Waals surface area contributed by atoms with E-state index >= 15 is 0 Å². The van der Waals surface area contributed by atoms with Crippen molar-refractivity contribution in [2.24, 2.45) is 4.99 Å². The molecule has 0 saturated carbocycles. The van der Waals surface area contributed by atoms with E-state index in [0.717, 1.165) is 56.4 Å².